The second-order valence-corrected chi connectivity index (χ2v) is 10.5. The molecule has 0 saturated carbocycles. The van der Waals surface area contributed by atoms with E-state index in [2.05, 4.69) is 11.4 Å². The van der Waals surface area contributed by atoms with Crippen LogP contribution in [-0.2, 0) is 10.0 Å². The second-order valence-electron chi connectivity index (χ2n) is 7.38. The molecule has 0 aliphatic carbocycles. The van der Waals surface area contributed by atoms with Gasteiger partial charge in [0.05, 0.1) is 12.7 Å². The quantitative estimate of drug-likeness (QED) is 0.745. The average Bonchev–Trinajstić information content (AvgIpc) is 3.00. The minimum Gasteiger partial charge on any atom is -0.495 e. The number of methoxy groups -OCH3 is 1. The minimum atomic E-state index is -3.82. The number of carbonyl (C=O) groups excluding carboxylic acids is 1. The Kier molecular flexibility index (Phi) is 6.50. The van der Waals surface area contributed by atoms with E-state index in [9.17, 15) is 18.5 Å². The lowest BCUT2D eigenvalue weighted by molar-refractivity contribution is 0.102. The first-order valence-corrected chi connectivity index (χ1v) is 12.0. The summed E-state index contributed by atoms with van der Waals surface area (Å²) < 4.78 is 33.4. The minimum absolute atomic E-state index is 0.0227. The van der Waals surface area contributed by atoms with Gasteiger partial charge in [-0.2, -0.15) is 9.57 Å². The Labute approximate surface area is 181 Å². The number of hydrogen-bond donors (Lipinski definition) is 1. The molecular weight excluding hydrogens is 422 g/mol. The van der Waals surface area contributed by atoms with Gasteiger partial charge < -0.3 is 10.1 Å². The maximum absolute atomic E-state index is 13.3. The van der Waals surface area contributed by atoms with Crippen LogP contribution >= 0.6 is 11.3 Å². The fourth-order valence-electron chi connectivity index (χ4n) is 3.60. The number of amides is 1. The number of carbonyl (C=O) groups is 1. The smallest absolute Gasteiger partial charge is 0.256 e. The largest absolute Gasteiger partial charge is 0.495 e. The number of hydrogen-bond acceptors (Lipinski definition) is 6. The van der Waals surface area contributed by atoms with Crippen molar-refractivity contribution in [3.05, 3.63) is 39.8 Å². The summed E-state index contributed by atoms with van der Waals surface area (Å²) in [4.78, 5) is 13.8. The van der Waals surface area contributed by atoms with Crippen molar-refractivity contribution in [1.29, 1.82) is 5.26 Å². The molecular formula is C21H25N3O4S2. The fraction of sp³-hybridized carbons (Fsp3) is 0.429. The topological polar surface area (TPSA) is 99.5 Å². The average molecular weight is 448 g/mol. The lowest BCUT2D eigenvalue weighted by atomic mass is 10.1. The molecule has 3 rings (SSSR count). The summed E-state index contributed by atoms with van der Waals surface area (Å²) in [5.74, 6) is -0.275. The molecule has 1 saturated heterocycles. The van der Waals surface area contributed by atoms with E-state index in [1.807, 2.05) is 20.8 Å². The summed E-state index contributed by atoms with van der Waals surface area (Å²) in [7, 11) is -2.41. The maximum atomic E-state index is 13.3. The number of ether oxygens (including phenoxy) is 1. The van der Waals surface area contributed by atoms with Gasteiger partial charge in [0, 0.05) is 23.0 Å². The third-order valence-corrected chi connectivity index (χ3v) is 8.64. The molecule has 1 atom stereocenters. The third-order valence-electron chi connectivity index (χ3n) is 5.48. The zero-order valence-electron chi connectivity index (χ0n) is 17.5. The highest BCUT2D eigenvalue weighted by Crippen LogP contribution is 2.34. The lowest BCUT2D eigenvalue weighted by Crippen LogP contribution is -2.42. The monoisotopic (exact) mass is 447 g/mol. The molecule has 0 bridgehead atoms. The van der Waals surface area contributed by atoms with Crippen molar-refractivity contribution in [2.75, 3.05) is 19.0 Å². The van der Waals surface area contributed by atoms with Crippen LogP contribution in [0.3, 0.4) is 0 Å². The third kappa shape index (κ3) is 4.08. The number of nitrogens with zero attached hydrogens (tertiary/aromatic N) is 2. The van der Waals surface area contributed by atoms with Crippen molar-refractivity contribution in [1.82, 2.24) is 4.31 Å². The Morgan fingerprint density at radius 3 is 2.70 bits per heavy atom. The van der Waals surface area contributed by atoms with Gasteiger partial charge in [0.2, 0.25) is 10.0 Å². The predicted octanol–water partition coefficient (Wildman–Crippen LogP) is 4.06. The first kappa shape index (κ1) is 22.3. The van der Waals surface area contributed by atoms with Gasteiger partial charge in [-0.1, -0.05) is 6.42 Å². The normalized spacial score (nSPS) is 17.4. The summed E-state index contributed by atoms with van der Waals surface area (Å²) in [6.45, 7) is 6.05. The van der Waals surface area contributed by atoms with Crippen LogP contribution in [0.4, 0.5) is 5.00 Å². The Balaban J connectivity index is 1.97. The molecule has 1 aromatic heterocycles. The molecule has 1 aliphatic heterocycles. The van der Waals surface area contributed by atoms with Crippen molar-refractivity contribution in [3.63, 3.8) is 0 Å². The van der Waals surface area contributed by atoms with Gasteiger partial charge >= 0.3 is 0 Å². The zero-order valence-corrected chi connectivity index (χ0v) is 19.1. The van der Waals surface area contributed by atoms with Gasteiger partial charge in [0.15, 0.2) is 0 Å². The molecule has 1 aromatic carbocycles. The summed E-state index contributed by atoms with van der Waals surface area (Å²) in [5, 5.41) is 12.6. The van der Waals surface area contributed by atoms with Gasteiger partial charge in [-0.05, 0) is 57.4 Å². The summed E-state index contributed by atoms with van der Waals surface area (Å²) in [6, 6.07) is 6.37. The Morgan fingerprint density at radius 2 is 2.07 bits per heavy atom. The zero-order chi connectivity index (χ0) is 22.1. The van der Waals surface area contributed by atoms with E-state index < -0.39 is 15.9 Å². The van der Waals surface area contributed by atoms with E-state index in [1.165, 1.54) is 41.0 Å². The van der Waals surface area contributed by atoms with Crippen LogP contribution in [0.1, 0.15) is 52.5 Å². The van der Waals surface area contributed by atoms with E-state index in [0.717, 1.165) is 29.7 Å². The van der Waals surface area contributed by atoms with Gasteiger partial charge in [-0.25, -0.2) is 8.42 Å². The van der Waals surface area contributed by atoms with Crippen LogP contribution in [0.25, 0.3) is 0 Å². The first-order chi connectivity index (χ1) is 14.2. The molecule has 1 fully saturated rings. The molecule has 7 nitrogen and oxygen atoms in total. The number of benzene rings is 1. The number of thiophene rings is 1. The van der Waals surface area contributed by atoms with Crippen molar-refractivity contribution in [2.45, 2.75) is 51.0 Å². The maximum Gasteiger partial charge on any atom is 0.256 e. The molecule has 2 aromatic rings. The molecule has 1 N–H and O–H groups in total. The molecule has 160 valence electrons. The molecule has 0 spiro atoms. The number of nitrogens with one attached hydrogen (secondary N) is 1. The summed E-state index contributed by atoms with van der Waals surface area (Å²) in [6.07, 6.45) is 2.60. The van der Waals surface area contributed by atoms with Gasteiger partial charge in [0.1, 0.15) is 21.7 Å². The van der Waals surface area contributed by atoms with Crippen molar-refractivity contribution in [2.24, 2.45) is 0 Å². The number of aryl methyl sites for hydroxylation is 1. The highest BCUT2D eigenvalue weighted by molar-refractivity contribution is 7.89. The van der Waals surface area contributed by atoms with Crippen LogP contribution in [0.5, 0.6) is 5.75 Å². The van der Waals surface area contributed by atoms with Gasteiger partial charge in [-0.3, -0.25) is 4.79 Å². The molecule has 1 aliphatic rings. The van der Waals surface area contributed by atoms with Crippen LogP contribution in [0.15, 0.2) is 23.1 Å². The summed E-state index contributed by atoms with van der Waals surface area (Å²) >= 11 is 1.32. The van der Waals surface area contributed by atoms with Crippen LogP contribution < -0.4 is 10.1 Å². The van der Waals surface area contributed by atoms with E-state index in [-0.39, 0.29) is 22.3 Å². The number of nitriles is 1. The van der Waals surface area contributed by atoms with E-state index in [0.29, 0.717) is 17.1 Å². The summed E-state index contributed by atoms with van der Waals surface area (Å²) in [5.41, 5.74) is 1.44. The molecule has 30 heavy (non-hydrogen) atoms. The predicted molar refractivity (Wildman–Crippen MR) is 117 cm³/mol. The first-order valence-electron chi connectivity index (χ1n) is 9.72. The van der Waals surface area contributed by atoms with Gasteiger partial charge in [-0.15, -0.1) is 11.3 Å². The standard InChI is InChI=1S/C21H25N3O4S2/c1-13-7-5-6-10-24(13)30(26,27)19-11-16(8-9-18(19)28-4)20(25)23-21-17(12-22)14(2)15(3)29-21/h8-9,11,13H,5-7,10H2,1-4H3,(H,23,25). The van der Waals surface area contributed by atoms with E-state index >= 15 is 0 Å². The van der Waals surface area contributed by atoms with Crippen molar-refractivity contribution in [3.8, 4) is 11.8 Å². The molecule has 1 amide bonds. The molecule has 0 radical (unpaired) electrons. The lowest BCUT2D eigenvalue weighted by Gasteiger charge is -2.32. The van der Waals surface area contributed by atoms with E-state index in [4.69, 9.17) is 4.74 Å². The fourth-order valence-corrected chi connectivity index (χ4v) is 6.49. The van der Waals surface area contributed by atoms with Crippen molar-refractivity contribution < 1.29 is 17.9 Å². The molecule has 9 heteroatoms. The van der Waals surface area contributed by atoms with Crippen LogP contribution in [-0.4, -0.2) is 38.3 Å². The number of sulfonamides is 1. The highest BCUT2D eigenvalue weighted by atomic mass is 32.2. The number of piperidine rings is 1. The van der Waals surface area contributed by atoms with Crippen molar-refractivity contribution >= 4 is 32.3 Å². The van der Waals surface area contributed by atoms with Crippen LogP contribution in [0, 0.1) is 25.2 Å². The number of anilines is 1. The van der Waals surface area contributed by atoms with Gasteiger partial charge in [0.25, 0.3) is 5.91 Å². The SMILES string of the molecule is COc1ccc(C(=O)Nc2sc(C)c(C)c2C#N)cc1S(=O)(=O)N1CCCCC1C. The molecule has 2 heterocycles. The van der Waals surface area contributed by atoms with E-state index in [1.54, 1.807) is 0 Å². The van der Waals surface area contributed by atoms with Crippen LogP contribution in [0.2, 0.25) is 0 Å². The number of rotatable bonds is 5. The molecule has 1 unspecified atom stereocenters. The highest BCUT2D eigenvalue weighted by Gasteiger charge is 2.33. The Hall–Kier alpha value is -2.41. The Morgan fingerprint density at radius 1 is 1.33 bits per heavy atom. The second kappa shape index (κ2) is 8.76. The Bertz CT molecular complexity index is 1120.